The van der Waals surface area contributed by atoms with Crippen molar-refractivity contribution in [1.82, 2.24) is 14.0 Å². The fourth-order valence-electron chi connectivity index (χ4n) is 4.76. The Kier molecular flexibility index (Phi) is 7.74. The number of aromatic nitrogens is 2. The lowest BCUT2D eigenvalue weighted by Gasteiger charge is -2.26. The Balaban J connectivity index is 0.00000171. The molecular formula is C26H26Cl2F3N3O. The van der Waals surface area contributed by atoms with Crippen LogP contribution in [0.4, 0.5) is 13.2 Å². The molecule has 0 aliphatic carbocycles. The van der Waals surface area contributed by atoms with Crippen molar-refractivity contribution in [3.63, 3.8) is 0 Å². The first-order valence-corrected chi connectivity index (χ1v) is 11.0. The van der Waals surface area contributed by atoms with E-state index in [-0.39, 0.29) is 30.4 Å². The summed E-state index contributed by atoms with van der Waals surface area (Å²) in [4.78, 5) is 15.3. The highest BCUT2D eigenvalue weighted by Gasteiger charge is 2.30. The van der Waals surface area contributed by atoms with Crippen molar-refractivity contribution in [3.05, 3.63) is 88.0 Å². The molecule has 0 amide bonds. The van der Waals surface area contributed by atoms with Gasteiger partial charge in [-0.3, -0.25) is 14.3 Å². The number of benzene rings is 2. The molecule has 0 unspecified atom stereocenters. The lowest BCUT2D eigenvalue weighted by Crippen LogP contribution is -2.30. The van der Waals surface area contributed by atoms with Crippen LogP contribution in [0, 0.1) is 0 Å². The predicted molar refractivity (Wildman–Crippen MR) is 138 cm³/mol. The molecular weight excluding hydrogens is 498 g/mol. The van der Waals surface area contributed by atoms with Gasteiger partial charge in [-0.25, -0.2) is 0 Å². The zero-order chi connectivity index (χ0) is 23.3. The molecule has 4 nitrogen and oxygen atoms in total. The largest absolute Gasteiger partial charge is 0.416 e. The molecule has 0 atom stereocenters. The Bertz CT molecular complexity index is 1410. The molecule has 0 saturated carbocycles. The van der Waals surface area contributed by atoms with E-state index in [1.54, 1.807) is 16.8 Å². The van der Waals surface area contributed by atoms with Gasteiger partial charge in [0.1, 0.15) is 0 Å². The lowest BCUT2D eigenvalue weighted by molar-refractivity contribution is -0.137. The zero-order valence-electron chi connectivity index (χ0n) is 19.3. The van der Waals surface area contributed by atoms with Gasteiger partial charge in [0, 0.05) is 49.9 Å². The molecule has 0 radical (unpaired) electrons. The minimum Gasteiger partial charge on any atom is -0.347 e. The van der Waals surface area contributed by atoms with Crippen LogP contribution in [0.3, 0.4) is 0 Å². The minimum absolute atomic E-state index is 0. The molecule has 0 bridgehead atoms. The standard InChI is InChI=1S/C26H24F3N3O.2ClH/c1-3-31-12-11-23-22(16-31)21-9-8-20(15-24(21)30(23)2)32-13-10-18(14-25(32)33)17-4-6-19(7-5-17)26(27,28)29;;/h4-10,13-15H,3,11-12,16H2,1-2H3;2*1H. The van der Waals surface area contributed by atoms with E-state index >= 15 is 0 Å². The van der Waals surface area contributed by atoms with Gasteiger partial charge in [0.2, 0.25) is 0 Å². The van der Waals surface area contributed by atoms with Crippen LogP contribution in [0.1, 0.15) is 23.7 Å². The Morgan fingerprint density at radius 1 is 0.943 bits per heavy atom. The van der Waals surface area contributed by atoms with Crippen molar-refractivity contribution < 1.29 is 13.2 Å². The summed E-state index contributed by atoms with van der Waals surface area (Å²) in [6.07, 6.45) is -1.70. The SMILES string of the molecule is CCN1CCc2c(c3ccc(-n4ccc(-c5ccc(C(F)(F)F)cc5)cc4=O)cc3n2C)C1.Cl.Cl. The first-order valence-electron chi connectivity index (χ1n) is 11.0. The Labute approximate surface area is 213 Å². The predicted octanol–water partition coefficient (Wildman–Crippen LogP) is 6.24. The van der Waals surface area contributed by atoms with E-state index in [4.69, 9.17) is 0 Å². The van der Waals surface area contributed by atoms with Crippen molar-refractivity contribution >= 4 is 35.7 Å². The maximum absolute atomic E-state index is 12.9. The molecule has 0 saturated heterocycles. The number of aryl methyl sites for hydroxylation is 1. The number of hydrogen-bond acceptors (Lipinski definition) is 2. The Morgan fingerprint density at radius 2 is 1.66 bits per heavy atom. The molecule has 0 fully saturated rings. The zero-order valence-corrected chi connectivity index (χ0v) is 20.9. The van der Waals surface area contributed by atoms with Crippen LogP contribution < -0.4 is 5.56 Å². The van der Waals surface area contributed by atoms with Crippen molar-refractivity contribution in [2.24, 2.45) is 7.05 Å². The summed E-state index contributed by atoms with van der Waals surface area (Å²) in [5.74, 6) is 0. The van der Waals surface area contributed by atoms with E-state index in [9.17, 15) is 18.0 Å². The molecule has 2 aromatic heterocycles. The van der Waals surface area contributed by atoms with Gasteiger partial charge >= 0.3 is 6.18 Å². The van der Waals surface area contributed by atoms with Crippen LogP contribution in [0.25, 0.3) is 27.7 Å². The molecule has 5 rings (SSSR count). The van der Waals surface area contributed by atoms with Crippen LogP contribution in [-0.2, 0) is 26.2 Å². The molecule has 2 aromatic carbocycles. The summed E-state index contributed by atoms with van der Waals surface area (Å²) in [6.45, 7) is 5.18. The van der Waals surface area contributed by atoms with E-state index in [1.807, 2.05) is 12.1 Å². The van der Waals surface area contributed by atoms with Gasteiger partial charge in [0.15, 0.2) is 0 Å². The Hall–Kier alpha value is -2.74. The van der Waals surface area contributed by atoms with Crippen LogP contribution in [0.5, 0.6) is 0 Å². The summed E-state index contributed by atoms with van der Waals surface area (Å²) < 4.78 is 42.3. The number of pyridine rings is 1. The van der Waals surface area contributed by atoms with Crippen molar-refractivity contribution in [1.29, 1.82) is 0 Å². The lowest BCUT2D eigenvalue weighted by atomic mass is 10.0. The normalized spacial score (nSPS) is 13.7. The van der Waals surface area contributed by atoms with E-state index in [0.29, 0.717) is 11.1 Å². The summed E-state index contributed by atoms with van der Waals surface area (Å²) in [6, 6.07) is 14.1. The third-order valence-electron chi connectivity index (χ3n) is 6.66. The quantitative estimate of drug-likeness (QED) is 0.318. The number of hydrogen-bond donors (Lipinski definition) is 0. The molecule has 186 valence electrons. The molecule has 1 aliphatic rings. The van der Waals surface area contributed by atoms with Crippen LogP contribution >= 0.6 is 24.8 Å². The van der Waals surface area contributed by atoms with Gasteiger partial charge in [-0.2, -0.15) is 13.2 Å². The number of fused-ring (bicyclic) bond motifs is 3. The highest BCUT2D eigenvalue weighted by atomic mass is 35.5. The van der Waals surface area contributed by atoms with E-state index < -0.39 is 11.7 Å². The summed E-state index contributed by atoms with van der Waals surface area (Å²) in [7, 11) is 2.07. The molecule has 35 heavy (non-hydrogen) atoms. The topological polar surface area (TPSA) is 30.2 Å². The van der Waals surface area contributed by atoms with E-state index in [2.05, 4.69) is 29.5 Å². The van der Waals surface area contributed by atoms with Gasteiger partial charge in [-0.1, -0.05) is 25.1 Å². The molecule has 1 aliphatic heterocycles. The fourth-order valence-corrected chi connectivity index (χ4v) is 4.76. The maximum atomic E-state index is 12.9. The van der Waals surface area contributed by atoms with E-state index in [0.717, 1.165) is 49.4 Å². The van der Waals surface area contributed by atoms with Crippen LogP contribution in [-0.4, -0.2) is 27.1 Å². The molecule has 0 N–H and O–H groups in total. The molecule has 9 heteroatoms. The monoisotopic (exact) mass is 523 g/mol. The van der Waals surface area contributed by atoms with Crippen LogP contribution in [0.2, 0.25) is 0 Å². The number of halogens is 5. The van der Waals surface area contributed by atoms with Gasteiger partial charge in [0.25, 0.3) is 5.56 Å². The summed E-state index contributed by atoms with van der Waals surface area (Å²) in [5.41, 5.74) is 4.77. The average Bonchev–Trinajstić information content (AvgIpc) is 3.09. The van der Waals surface area contributed by atoms with Gasteiger partial charge < -0.3 is 4.57 Å². The molecule has 3 heterocycles. The second-order valence-corrected chi connectivity index (χ2v) is 8.50. The van der Waals surface area contributed by atoms with Gasteiger partial charge in [-0.05, 0) is 53.6 Å². The minimum atomic E-state index is -4.38. The van der Waals surface area contributed by atoms with Crippen molar-refractivity contribution in [3.8, 4) is 16.8 Å². The highest BCUT2D eigenvalue weighted by Crippen LogP contribution is 2.32. The smallest absolute Gasteiger partial charge is 0.347 e. The number of nitrogens with zero attached hydrogens (tertiary/aromatic N) is 3. The summed E-state index contributed by atoms with van der Waals surface area (Å²) in [5, 5.41) is 1.21. The third-order valence-corrected chi connectivity index (χ3v) is 6.66. The Morgan fingerprint density at radius 3 is 2.29 bits per heavy atom. The van der Waals surface area contributed by atoms with Gasteiger partial charge in [-0.15, -0.1) is 24.8 Å². The van der Waals surface area contributed by atoms with Crippen molar-refractivity contribution in [2.45, 2.75) is 26.1 Å². The van der Waals surface area contributed by atoms with Crippen LogP contribution in [0.15, 0.2) is 65.6 Å². The van der Waals surface area contributed by atoms with Crippen molar-refractivity contribution in [2.75, 3.05) is 13.1 Å². The first kappa shape index (κ1) is 26.9. The maximum Gasteiger partial charge on any atom is 0.416 e. The number of likely N-dealkylation sites (N-methyl/N-ethyl adjacent to an activating group) is 1. The second-order valence-electron chi connectivity index (χ2n) is 8.50. The van der Waals surface area contributed by atoms with E-state index in [1.165, 1.54) is 34.8 Å². The molecule has 0 spiro atoms. The first-order chi connectivity index (χ1) is 15.8. The highest BCUT2D eigenvalue weighted by molar-refractivity contribution is 5.87. The third kappa shape index (κ3) is 4.85. The van der Waals surface area contributed by atoms with Gasteiger partial charge in [0.05, 0.1) is 16.8 Å². The second kappa shape index (κ2) is 10.1. The number of rotatable bonds is 3. The number of alkyl halides is 3. The average molecular weight is 524 g/mol. The summed E-state index contributed by atoms with van der Waals surface area (Å²) >= 11 is 0. The fraction of sp³-hybridized carbons (Fsp3) is 0.269. The molecule has 4 aromatic rings.